The van der Waals surface area contributed by atoms with Crippen molar-refractivity contribution in [1.82, 2.24) is 14.9 Å². The second kappa shape index (κ2) is 7.51. The first-order chi connectivity index (χ1) is 13.4. The Morgan fingerprint density at radius 3 is 2.79 bits per heavy atom. The highest BCUT2D eigenvalue weighted by Gasteiger charge is 2.16. The smallest absolute Gasteiger partial charge is 0.262 e. The number of hydrogen-bond acceptors (Lipinski definition) is 4. The average Bonchev–Trinajstić information content (AvgIpc) is 2.98. The van der Waals surface area contributed by atoms with Crippen molar-refractivity contribution in [2.75, 3.05) is 0 Å². The zero-order valence-electron chi connectivity index (χ0n) is 16.5. The van der Waals surface area contributed by atoms with E-state index < -0.39 is 0 Å². The quantitative estimate of drug-likeness (QED) is 0.730. The molecule has 2 aromatic heterocycles. The van der Waals surface area contributed by atoms with Gasteiger partial charge in [0, 0.05) is 4.88 Å². The zero-order valence-corrected chi connectivity index (χ0v) is 17.4. The number of aryl methyl sites for hydroxylation is 4. The van der Waals surface area contributed by atoms with Crippen molar-refractivity contribution in [3.8, 4) is 0 Å². The number of benzene rings is 1. The lowest BCUT2D eigenvalue weighted by molar-refractivity contribution is -0.122. The van der Waals surface area contributed by atoms with E-state index in [-0.39, 0.29) is 24.1 Å². The van der Waals surface area contributed by atoms with Gasteiger partial charge in [-0.2, -0.15) is 0 Å². The maximum absolute atomic E-state index is 12.8. The van der Waals surface area contributed by atoms with E-state index in [0.717, 1.165) is 33.7 Å². The van der Waals surface area contributed by atoms with Gasteiger partial charge in [-0.05, 0) is 68.7 Å². The molecule has 5 nitrogen and oxygen atoms in total. The van der Waals surface area contributed by atoms with Crippen LogP contribution in [0.15, 0.2) is 29.3 Å². The summed E-state index contributed by atoms with van der Waals surface area (Å²) in [5.41, 5.74) is 4.75. The molecule has 0 radical (unpaired) electrons. The third-order valence-electron chi connectivity index (χ3n) is 5.72. The van der Waals surface area contributed by atoms with Crippen molar-refractivity contribution in [1.29, 1.82) is 0 Å². The van der Waals surface area contributed by atoms with Crippen LogP contribution in [0.1, 0.15) is 52.9 Å². The fourth-order valence-electron chi connectivity index (χ4n) is 3.93. The molecule has 0 saturated heterocycles. The molecule has 1 unspecified atom stereocenters. The number of nitrogens with zero attached hydrogens (tertiary/aromatic N) is 2. The number of aromatic nitrogens is 2. The number of nitrogens with one attached hydrogen (secondary N) is 1. The summed E-state index contributed by atoms with van der Waals surface area (Å²) in [5, 5.41) is 3.65. The van der Waals surface area contributed by atoms with E-state index >= 15 is 0 Å². The summed E-state index contributed by atoms with van der Waals surface area (Å²) in [6.07, 6.45) is 6.23. The van der Waals surface area contributed by atoms with Gasteiger partial charge in [0.15, 0.2) is 0 Å². The first-order valence-corrected chi connectivity index (χ1v) is 10.6. The zero-order chi connectivity index (χ0) is 19.8. The minimum absolute atomic E-state index is 0.0224. The Kier molecular flexibility index (Phi) is 5.06. The molecule has 3 aromatic rings. The van der Waals surface area contributed by atoms with Gasteiger partial charge >= 0.3 is 0 Å². The molecule has 0 aliphatic heterocycles. The van der Waals surface area contributed by atoms with Crippen LogP contribution in [0.5, 0.6) is 0 Å². The van der Waals surface area contributed by atoms with Crippen LogP contribution in [-0.2, 0) is 24.2 Å². The first kappa shape index (κ1) is 18.9. The SMILES string of the molecule is Cc1sc2ncn(CC(=O)NC(C)c3ccc4c(c3)CCCC4)c(=O)c2c1C. The number of hydrogen-bond donors (Lipinski definition) is 1. The molecule has 1 aromatic carbocycles. The molecule has 0 saturated carbocycles. The Hall–Kier alpha value is -2.47. The highest BCUT2D eigenvalue weighted by atomic mass is 32.1. The van der Waals surface area contributed by atoms with E-state index in [4.69, 9.17) is 0 Å². The van der Waals surface area contributed by atoms with E-state index in [0.29, 0.717) is 5.39 Å². The van der Waals surface area contributed by atoms with Gasteiger partial charge < -0.3 is 5.32 Å². The number of carbonyl (C=O) groups is 1. The summed E-state index contributed by atoms with van der Waals surface area (Å²) in [7, 11) is 0. The summed E-state index contributed by atoms with van der Waals surface area (Å²) in [4.78, 5) is 31.5. The van der Waals surface area contributed by atoms with E-state index in [2.05, 4.69) is 28.5 Å². The molecule has 2 heterocycles. The molecular weight excluding hydrogens is 370 g/mol. The number of thiophene rings is 1. The van der Waals surface area contributed by atoms with Gasteiger partial charge in [-0.25, -0.2) is 4.98 Å². The van der Waals surface area contributed by atoms with Crippen LogP contribution in [0.4, 0.5) is 0 Å². The summed E-state index contributed by atoms with van der Waals surface area (Å²) in [6, 6.07) is 6.41. The van der Waals surface area contributed by atoms with Crippen molar-refractivity contribution in [3.05, 3.63) is 62.0 Å². The van der Waals surface area contributed by atoms with E-state index in [9.17, 15) is 9.59 Å². The summed E-state index contributed by atoms with van der Waals surface area (Å²) in [5.74, 6) is -0.182. The highest BCUT2D eigenvalue weighted by Crippen LogP contribution is 2.26. The maximum Gasteiger partial charge on any atom is 0.262 e. The Bertz CT molecular complexity index is 1110. The van der Waals surface area contributed by atoms with E-state index in [1.807, 2.05) is 20.8 Å². The van der Waals surface area contributed by atoms with Gasteiger partial charge in [-0.15, -0.1) is 11.3 Å². The number of fused-ring (bicyclic) bond motifs is 2. The van der Waals surface area contributed by atoms with Crippen molar-refractivity contribution in [2.45, 2.75) is 59.0 Å². The van der Waals surface area contributed by atoms with Crippen molar-refractivity contribution < 1.29 is 4.79 Å². The fourth-order valence-corrected chi connectivity index (χ4v) is 4.92. The summed E-state index contributed by atoms with van der Waals surface area (Å²) >= 11 is 1.51. The lowest BCUT2D eigenvalue weighted by atomic mass is 9.89. The normalized spacial score (nSPS) is 14.7. The molecule has 4 rings (SSSR count). The summed E-state index contributed by atoms with van der Waals surface area (Å²) < 4.78 is 1.40. The molecule has 0 fully saturated rings. The van der Waals surface area contributed by atoms with Gasteiger partial charge in [0.05, 0.1) is 17.8 Å². The molecule has 28 heavy (non-hydrogen) atoms. The lowest BCUT2D eigenvalue weighted by Crippen LogP contribution is -2.34. The Balaban J connectivity index is 1.50. The molecule has 0 spiro atoms. The second-order valence-corrected chi connectivity index (χ2v) is 8.87. The minimum atomic E-state index is -0.182. The predicted molar refractivity (Wildman–Crippen MR) is 113 cm³/mol. The third kappa shape index (κ3) is 3.49. The van der Waals surface area contributed by atoms with Gasteiger partial charge in [0.2, 0.25) is 5.91 Å². The van der Waals surface area contributed by atoms with Gasteiger partial charge in [0.25, 0.3) is 5.56 Å². The van der Waals surface area contributed by atoms with Crippen molar-refractivity contribution in [3.63, 3.8) is 0 Å². The second-order valence-electron chi connectivity index (χ2n) is 7.67. The molecular formula is C22H25N3O2S. The maximum atomic E-state index is 12.8. The van der Waals surface area contributed by atoms with Crippen LogP contribution >= 0.6 is 11.3 Å². The highest BCUT2D eigenvalue weighted by molar-refractivity contribution is 7.18. The van der Waals surface area contributed by atoms with Crippen molar-refractivity contribution >= 4 is 27.5 Å². The van der Waals surface area contributed by atoms with Crippen LogP contribution in [0.3, 0.4) is 0 Å². The molecule has 1 N–H and O–H groups in total. The van der Waals surface area contributed by atoms with Crippen LogP contribution in [0.2, 0.25) is 0 Å². The largest absolute Gasteiger partial charge is 0.348 e. The van der Waals surface area contributed by atoms with Crippen LogP contribution in [-0.4, -0.2) is 15.5 Å². The molecule has 146 valence electrons. The topological polar surface area (TPSA) is 64.0 Å². The minimum Gasteiger partial charge on any atom is -0.348 e. The third-order valence-corrected chi connectivity index (χ3v) is 6.84. The predicted octanol–water partition coefficient (Wildman–Crippen LogP) is 3.83. The van der Waals surface area contributed by atoms with Crippen LogP contribution < -0.4 is 10.9 Å². The Morgan fingerprint density at radius 1 is 1.25 bits per heavy atom. The molecule has 6 heteroatoms. The number of carbonyl (C=O) groups excluding carboxylic acids is 1. The van der Waals surface area contributed by atoms with E-state index in [1.54, 1.807) is 0 Å². The molecule has 1 amide bonds. The standard InChI is InChI=1S/C22H25N3O2S/c1-13-15(3)28-21-20(13)22(27)25(12-23-21)11-19(26)24-14(2)17-9-8-16-6-4-5-7-18(16)10-17/h8-10,12,14H,4-7,11H2,1-3H3,(H,24,26). The van der Waals surface area contributed by atoms with Crippen molar-refractivity contribution in [2.24, 2.45) is 0 Å². The first-order valence-electron chi connectivity index (χ1n) is 9.80. The van der Waals surface area contributed by atoms with Gasteiger partial charge in [0.1, 0.15) is 11.4 Å². The van der Waals surface area contributed by atoms with Gasteiger partial charge in [-0.1, -0.05) is 18.2 Å². The van der Waals surface area contributed by atoms with E-state index in [1.165, 1.54) is 46.2 Å². The Labute approximate surface area is 168 Å². The molecule has 0 bridgehead atoms. The van der Waals surface area contributed by atoms with Crippen LogP contribution in [0.25, 0.3) is 10.2 Å². The number of amides is 1. The van der Waals surface area contributed by atoms with Gasteiger partial charge in [-0.3, -0.25) is 14.2 Å². The molecule has 1 aliphatic carbocycles. The fraction of sp³-hybridized carbons (Fsp3) is 0.409. The molecule has 1 atom stereocenters. The monoisotopic (exact) mass is 395 g/mol. The Morgan fingerprint density at radius 2 is 2.00 bits per heavy atom. The molecule has 1 aliphatic rings. The average molecular weight is 396 g/mol. The lowest BCUT2D eigenvalue weighted by Gasteiger charge is -2.20. The summed E-state index contributed by atoms with van der Waals surface area (Å²) in [6.45, 7) is 5.88. The van der Waals surface area contributed by atoms with Crippen LogP contribution in [0, 0.1) is 13.8 Å². The number of rotatable bonds is 4.